The van der Waals surface area contributed by atoms with Gasteiger partial charge in [-0.2, -0.15) is 13.2 Å². The van der Waals surface area contributed by atoms with Crippen LogP contribution in [0, 0.1) is 0 Å². The Morgan fingerprint density at radius 2 is 1.93 bits per heavy atom. The highest BCUT2D eigenvalue weighted by Crippen LogP contribution is 2.35. The van der Waals surface area contributed by atoms with Crippen molar-refractivity contribution in [1.29, 1.82) is 0 Å². The van der Waals surface area contributed by atoms with Gasteiger partial charge in [-0.05, 0) is 24.3 Å². The molecule has 0 bridgehead atoms. The van der Waals surface area contributed by atoms with E-state index in [2.05, 4.69) is 22.5 Å². The number of pyridine rings is 1. The first kappa shape index (κ1) is 21.7. The Hall–Kier alpha value is -2.61. The third kappa shape index (κ3) is 6.53. The number of anilines is 2. The van der Waals surface area contributed by atoms with Gasteiger partial charge in [0.15, 0.2) is 0 Å². The molecule has 1 unspecified atom stereocenters. The van der Waals surface area contributed by atoms with Crippen molar-refractivity contribution in [3.05, 3.63) is 59.6 Å². The van der Waals surface area contributed by atoms with Crippen LogP contribution in [0.1, 0.15) is 43.9 Å². The first-order chi connectivity index (χ1) is 13.3. The summed E-state index contributed by atoms with van der Waals surface area (Å²) in [6, 6.07) is 7.63. The van der Waals surface area contributed by atoms with Crippen LogP contribution >= 0.6 is 0 Å². The highest BCUT2D eigenvalue weighted by Gasteiger charge is 2.33. The molecule has 0 aliphatic carbocycles. The molecule has 0 aliphatic heterocycles. The fourth-order valence-corrected chi connectivity index (χ4v) is 2.63. The van der Waals surface area contributed by atoms with E-state index in [0.717, 1.165) is 25.3 Å². The predicted molar refractivity (Wildman–Crippen MR) is 103 cm³/mol. The average molecular weight is 393 g/mol. The van der Waals surface area contributed by atoms with Gasteiger partial charge in [0.1, 0.15) is 0 Å². The number of amides is 1. The lowest BCUT2D eigenvalue weighted by atomic mass is 10.1. The van der Waals surface area contributed by atoms with Gasteiger partial charge in [-0.25, -0.2) is 0 Å². The van der Waals surface area contributed by atoms with E-state index in [4.69, 9.17) is 5.73 Å². The van der Waals surface area contributed by atoms with E-state index >= 15 is 0 Å². The lowest BCUT2D eigenvalue weighted by Crippen LogP contribution is -2.32. The van der Waals surface area contributed by atoms with Crippen LogP contribution in [-0.2, 0) is 17.5 Å². The van der Waals surface area contributed by atoms with E-state index < -0.39 is 17.8 Å². The summed E-state index contributed by atoms with van der Waals surface area (Å²) in [7, 11) is 0. The Bertz CT molecular complexity index is 763. The van der Waals surface area contributed by atoms with Crippen molar-refractivity contribution in [3.63, 3.8) is 0 Å². The smallest absolute Gasteiger partial charge is 0.418 e. The van der Waals surface area contributed by atoms with Crippen LogP contribution in [0.5, 0.6) is 0 Å². The van der Waals surface area contributed by atoms with Gasteiger partial charge in [0.2, 0.25) is 5.91 Å². The Morgan fingerprint density at radius 1 is 1.18 bits per heavy atom. The van der Waals surface area contributed by atoms with E-state index in [1.54, 1.807) is 12.1 Å². The fourth-order valence-electron chi connectivity index (χ4n) is 2.63. The largest absolute Gasteiger partial charge is 0.667 e. The van der Waals surface area contributed by atoms with Crippen molar-refractivity contribution in [1.82, 2.24) is 10.3 Å². The highest BCUT2D eigenvalue weighted by atomic mass is 19.4. The zero-order chi connectivity index (χ0) is 20.6. The molecule has 1 aromatic carbocycles. The number of nitrogens with zero attached hydrogens (tertiary/aromatic N) is 1. The van der Waals surface area contributed by atoms with Crippen LogP contribution < -0.4 is 10.6 Å². The number of hydrogen-bond acceptors (Lipinski definition) is 3. The molecule has 1 heterocycles. The summed E-state index contributed by atoms with van der Waals surface area (Å²) in [5.41, 5.74) is 7.98. The van der Waals surface area contributed by atoms with Gasteiger partial charge in [0, 0.05) is 0 Å². The molecule has 0 fully saturated rings. The first-order valence-corrected chi connectivity index (χ1v) is 9.18. The second kappa shape index (κ2) is 10.1. The number of nitrogens with one attached hydrogen (secondary N) is 3. The monoisotopic (exact) mass is 393 g/mol. The topological polar surface area (TPSA) is 77.8 Å². The Balaban J connectivity index is 1.91. The molecule has 0 saturated carbocycles. The number of hydrogen-bond donors (Lipinski definition) is 2. The molecule has 0 saturated heterocycles. The maximum absolute atomic E-state index is 13.0. The average Bonchev–Trinajstić information content (AvgIpc) is 2.67. The number of carbonyl (C=O) groups is 1. The maximum atomic E-state index is 13.0. The Morgan fingerprint density at radius 3 is 2.57 bits per heavy atom. The molecule has 1 amide bonds. The third-order valence-electron chi connectivity index (χ3n) is 4.19. The molecular weight excluding hydrogens is 369 g/mol. The van der Waals surface area contributed by atoms with Crippen molar-refractivity contribution in [2.24, 2.45) is 0 Å². The number of rotatable bonds is 9. The maximum Gasteiger partial charge on any atom is 0.418 e. The molecule has 0 aliphatic rings. The summed E-state index contributed by atoms with van der Waals surface area (Å²) >= 11 is 0. The summed E-state index contributed by atoms with van der Waals surface area (Å²) < 4.78 is 39.1. The highest BCUT2D eigenvalue weighted by molar-refractivity contribution is 5.82. The van der Waals surface area contributed by atoms with Gasteiger partial charge in [-0.15, -0.1) is 0 Å². The van der Waals surface area contributed by atoms with E-state index in [1.165, 1.54) is 24.4 Å². The van der Waals surface area contributed by atoms with Crippen LogP contribution in [0.2, 0.25) is 0 Å². The summed E-state index contributed by atoms with van der Waals surface area (Å²) in [6.07, 6.45) is 0.353. The van der Waals surface area contributed by atoms with Gasteiger partial charge < -0.3 is 16.4 Å². The second-order valence-corrected chi connectivity index (χ2v) is 6.47. The number of carbonyl (C=O) groups excluding carboxylic acids is 1. The van der Waals surface area contributed by atoms with Crippen molar-refractivity contribution in [2.45, 2.75) is 51.4 Å². The predicted octanol–water partition coefficient (Wildman–Crippen LogP) is 5.46. The van der Waals surface area contributed by atoms with E-state index in [9.17, 15) is 18.0 Å². The SMILES string of the molecule is CCCCCC([NH-])C(=O)NCc1ccc(Nc2ccccc2C(F)(F)F)cn1. The molecule has 5 nitrogen and oxygen atoms in total. The number of para-hydroxylation sites is 1. The zero-order valence-corrected chi connectivity index (χ0v) is 15.6. The quantitative estimate of drug-likeness (QED) is 0.555. The molecule has 152 valence electrons. The normalized spacial score (nSPS) is 12.5. The minimum absolute atomic E-state index is 0.0537. The van der Waals surface area contributed by atoms with E-state index in [0.29, 0.717) is 17.8 Å². The third-order valence-corrected chi connectivity index (χ3v) is 4.19. The van der Waals surface area contributed by atoms with E-state index in [1.807, 2.05) is 0 Å². The van der Waals surface area contributed by atoms with Crippen LogP contribution in [0.4, 0.5) is 24.5 Å². The van der Waals surface area contributed by atoms with Gasteiger partial charge in [-0.3, -0.25) is 9.78 Å². The number of alkyl halides is 3. The van der Waals surface area contributed by atoms with Crippen molar-refractivity contribution < 1.29 is 18.0 Å². The zero-order valence-electron chi connectivity index (χ0n) is 15.6. The molecule has 1 atom stereocenters. The number of halogens is 3. The minimum Gasteiger partial charge on any atom is -0.667 e. The molecule has 0 spiro atoms. The molecule has 8 heteroatoms. The molecule has 0 radical (unpaired) electrons. The lowest BCUT2D eigenvalue weighted by Gasteiger charge is -2.19. The van der Waals surface area contributed by atoms with Crippen LogP contribution in [0.25, 0.3) is 5.73 Å². The van der Waals surface area contributed by atoms with Gasteiger partial charge in [-0.1, -0.05) is 50.8 Å². The van der Waals surface area contributed by atoms with Gasteiger partial charge in [0.25, 0.3) is 0 Å². The van der Waals surface area contributed by atoms with Crippen molar-refractivity contribution in [2.75, 3.05) is 5.32 Å². The summed E-state index contributed by atoms with van der Waals surface area (Å²) in [6.45, 7) is 2.23. The first-order valence-electron chi connectivity index (χ1n) is 9.18. The number of unbranched alkanes of at least 4 members (excludes halogenated alkanes) is 2. The molecule has 1 aromatic heterocycles. The van der Waals surface area contributed by atoms with Crippen molar-refractivity contribution >= 4 is 17.3 Å². The van der Waals surface area contributed by atoms with Crippen LogP contribution in [0.15, 0.2) is 42.6 Å². The van der Waals surface area contributed by atoms with E-state index in [-0.39, 0.29) is 18.1 Å². The summed E-state index contributed by atoms with van der Waals surface area (Å²) in [5.74, 6) is -0.348. The molecule has 28 heavy (non-hydrogen) atoms. The second-order valence-electron chi connectivity index (χ2n) is 6.47. The molecule has 2 aromatic rings. The van der Waals surface area contributed by atoms with Crippen molar-refractivity contribution in [3.8, 4) is 0 Å². The Kier molecular flexibility index (Phi) is 7.80. The minimum atomic E-state index is -4.45. The number of aromatic nitrogens is 1. The molecule has 2 rings (SSSR count). The standard InChI is InChI=1S/C20H24F3N4O/c1-2-3-4-8-17(24)19(28)26-12-14-10-11-15(13-25-14)27-18-9-6-5-7-16(18)20(21,22)23/h5-7,9-11,13,17,24,27H,2-4,8,12H2,1H3,(H,26,28)/q-1. The molecule has 3 N–H and O–H groups in total. The number of benzene rings is 1. The van der Waals surface area contributed by atoms with Gasteiger partial charge >= 0.3 is 6.18 Å². The summed E-state index contributed by atoms with van der Waals surface area (Å²) in [4.78, 5) is 16.1. The van der Waals surface area contributed by atoms with Crippen LogP contribution in [-0.4, -0.2) is 16.9 Å². The molecular formula is C20H24F3N4O-. The summed E-state index contributed by atoms with van der Waals surface area (Å²) in [5, 5.41) is 5.38. The van der Waals surface area contributed by atoms with Crippen LogP contribution in [0.3, 0.4) is 0 Å². The Labute approximate surface area is 162 Å². The lowest BCUT2D eigenvalue weighted by molar-refractivity contribution is -0.137. The fraction of sp³-hybridized carbons (Fsp3) is 0.400. The van der Waals surface area contributed by atoms with Gasteiger partial charge in [0.05, 0.1) is 35.4 Å².